The maximum Gasteiger partial charge on any atom is 0.251 e. The van der Waals surface area contributed by atoms with Crippen molar-refractivity contribution in [1.29, 1.82) is 0 Å². The van der Waals surface area contributed by atoms with Gasteiger partial charge in [0, 0.05) is 10.0 Å². The molecule has 0 saturated carbocycles. The molecule has 0 unspecified atom stereocenters. The second kappa shape index (κ2) is 3.71. The molecule has 1 amide bonds. The highest BCUT2D eigenvalue weighted by atomic mass is 79.9. The van der Waals surface area contributed by atoms with Crippen molar-refractivity contribution in [3.05, 3.63) is 34.3 Å². The van der Waals surface area contributed by atoms with Crippen LogP contribution < -0.4 is 5.32 Å². The standard InChI is InChI=1S/C10H10BrNO2/c1-6-9(13)12-10(14-6)7-4-2-3-5-8(7)11/h2-6,10H,1H3,(H,12,13)/t6-,10+/m0/s1. The number of carbonyl (C=O) groups excluding carboxylic acids is 1. The first-order chi connectivity index (χ1) is 6.68. The predicted molar refractivity (Wildman–Crippen MR) is 55.6 cm³/mol. The highest BCUT2D eigenvalue weighted by molar-refractivity contribution is 9.10. The van der Waals surface area contributed by atoms with Crippen LogP contribution in [-0.2, 0) is 9.53 Å². The highest BCUT2D eigenvalue weighted by Gasteiger charge is 2.30. The second-order valence-corrected chi connectivity index (χ2v) is 4.04. The fraction of sp³-hybridized carbons (Fsp3) is 0.300. The summed E-state index contributed by atoms with van der Waals surface area (Å²) in [6.07, 6.45) is -0.694. The fourth-order valence-corrected chi connectivity index (χ4v) is 1.88. The van der Waals surface area contributed by atoms with E-state index in [1.165, 1.54) is 0 Å². The molecule has 1 aromatic rings. The van der Waals surface area contributed by atoms with Crippen LogP contribution in [0.25, 0.3) is 0 Å². The van der Waals surface area contributed by atoms with Gasteiger partial charge in [0.2, 0.25) is 0 Å². The van der Waals surface area contributed by atoms with Gasteiger partial charge in [-0.25, -0.2) is 0 Å². The topological polar surface area (TPSA) is 38.3 Å². The van der Waals surface area contributed by atoms with Crippen LogP contribution in [0.1, 0.15) is 18.7 Å². The number of carbonyl (C=O) groups is 1. The van der Waals surface area contributed by atoms with Gasteiger partial charge in [0.25, 0.3) is 5.91 Å². The smallest absolute Gasteiger partial charge is 0.251 e. The molecule has 0 aromatic heterocycles. The lowest BCUT2D eigenvalue weighted by molar-refractivity contribution is -0.122. The summed E-state index contributed by atoms with van der Waals surface area (Å²) in [5, 5.41) is 2.77. The number of rotatable bonds is 1. The zero-order valence-electron chi connectivity index (χ0n) is 7.66. The number of benzene rings is 1. The summed E-state index contributed by atoms with van der Waals surface area (Å²) in [6, 6.07) is 7.69. The van der Waals surface area contributed by atoms with Gasteiger partial charge in [0.05, 0.1) is 0 Å². The van der Waals surface area contributed by atoms with Crippen molar-refractivity contribution in [3.63, 3.8) is 0 Å². The first-order valence-corrected chi connectivity index (χ1v) is 5.18. The third-order valence-corrected chi connectivity index (χ3v) is 2.89. The molecule has 14 heavy (non-hydrogen) atoms. The monoisotopic (exact) mass is 255 g/mol. The van der Waals surface area contributed by atoms with Gasteiger partial charge in [-0.3, -0.25) is 4.79 Å². The Morgan fingerprint density at radius 3 is 2.71 bits per heavy atom. The van der Waals surface area contributed by atoms with Crippen molar-refractivity contribution in [3.8, 4) is 0 Å². The number of halogens is 1. The van der Waals surface area contributed by atoms with Crippen LogP contribution >= 0.6 is 15.9 Å². The molecule has 1 heterocycles. The van der Waals surface area contributed by atoms with E-state index in [1.54, 1.807) is 6.92 Å². The Morgan fingerprint density at radius 2 is 2.14 bits per heavy atom. The Bertz CT molecular complexity index is 367. The van der Waals surface area contributed by atoms with Gasteiger partial charge in [-0.15, -0.1) is 0 Å². The molecule has 1 aliphatic heterocycles. The van der Waals surface area contributed by atoms with E-state index >= 15 is 0 Å². The molecule has 2 atom stereocenters. The van der Waals surface area contributed by atoms with E-state index in [2.05, 4.69) is 21.2 Å². The molecule has 1 fully saturated rings. The van der Waals surface area contributed by atoms with Crippen molar-refractivity contribution in [2.24, 2.45) is 0 Å². The molecule has 0 spiro atoms. The Labute approximate surface area is 90.6 Å². The van der Waals surface area contributed by atoms with Gasteiger partial charge in [-0.05, 0) is 13.0 Å². The molecule has 1 aliphatic rings. The SMILES string of the molecule is C[C@@H]1O[C@H](c2ccccc2Br)NC1=O. The van der Waals surface area contributed by atoms with Crippen LogP contribution in [0.4, 0.5) is 0 Å². The van der Waals surface area contributed by atoms with Crippen LogP contribution in [0.5, 0.6) is 0 Å². The lowest BCUT2D eigenvalue weighted by atomic mass is 10.2. The maximum absolute atomic E-state index is 11.2. The number of amides is 1. The summed E-state index contributed by atoms with van der Waals surface area (Å²) in [6.45, 7) is 1.74. The molecule has 1 aromatic carbocycles. The maximum atomic E-state index is 11.2. The van der Waals surface area contributed by atoms with Gasteiger partial charge in [-0.1, -0.05) is 34.1 Å². The average molecular weight is 256 g/mol. The molecule has 1 N–H and O–H groups in total. The quantitative estimate of drug-likeness (QED) is 0.834. The van der Waals surface area contributed by atoms with Crippen LogP contribution in [-0.4, -0.2) is 12.0 Å². The summed E-state index contributed by atoms with van der Waals surface area (Å²) in [5.41, 5.74) is 0.949. The molecular weight excluding hydrogens is 246 g/mol. The minimum Gasteiger partial charge on any atom is -0.341 e. The Hall–Kier alpha value is -0.870. The third kappa shape index (κ3) is 1.67. The Morgan fingerprint density at radius 1 is 1.43 bits per heavy atom. The molecule has 3 nitrogen and oxygen atoms in total. The van der Waals surface area contributed by atoms with Gasteiger partial charge in [-0.2, -0.15) is 0 Å². The van der Waals surface area contributed by atoms with Crippen molar-refractivity contribution in [2.45, 2.75) is 19.3 Å². The third-order valence-electron chi connectivity index (χ3n) is 2.17. The van der Waals surface area contributed by atoms with E-state index in [9.17, 15) is 4.79 Å². The first-order valence-electron chi connectivity index (χ1n) is 4.39. The van der Waals surface area contributed by atoms with E-state index in [0.29, 0.717) is 0 Å². The lowest BCUT2D eigenvalue weighted by Crippen LogP contribution is -2.22. The lowest BCUT2D eigenvalue weighted by Gasteiger charge is -2.11. The Balaban J connectivity index is 2.25. The van der Waals surface area contributed by atoms with Crippen molar-refractivity contribution < 1.29 is 9.53 Å². The van der Waals surface area contributed by atoms with Crippen molar-refractivity contribution in [1.82, 2.24) is 5.32 Å². The molecule has 2 rings (SSSR count). The van der Waals surface area contributed by atoms with Crippen LogP contribution in [0, 0.1) is 0 Å². The molecule has 74 valence electrons. The van der Waals surface area contributed by atoms with Crippen molar-refractivity contribution >= 4 is 21.8 Å². The normalized spacial score (nSPS) is 26.3. The fourth-order valence-electron chi connectivity index (χ4n) is 1.39. The van der Waals surface area contributed by atoms with Gasteiger partial charge < -0.3 is 10.1 Å². The molecule has 0 bridgehead atoms. The van der Waals surface area contributed by atoms with Crippen LogP contribution in [0.2, 0.25) is 0 Å². The molecule has 0 aliphatic carbocycles. The van der Waals surface area contributed by atoms with E-state index in [0.717, 1.165) is 10.0 Å². The van der Waals surface area contributed by atoms with E-state index in [1.807, 2.05) is 24.3 Å². The van der Waals surface area contributed by atoms with Crippen LogP contribution in [0.15, 0.2) is 28.7 Å². The van der Waals surface area contributed by atoms with E-state index in [-0.39, 0.29) is 18.2 Å². The predicted octanol–water partition coefficient (Wildman–Crippen LogP) is 1.98. The van der Waals surface area contributed by atoms with Crippen molar-refractivity contribution in [2.75, 3.05) is 0 Å². The molecular formula is C10H10BrNO2. The Kier molecular flexibility index (Phi) is 2.56. The van der Waals surface area contributed by atoms with Gasteiger partial charge in [0.1, 0.15) is 6.10 Å². The van der Waals surface area contributed by atoms with E-state index < -0.39 is 0 Å². The van der Waals surface area contributed by atoms with E-state index in [4.69, 9.17) is 4.74 Å². The summed E-state index contributed by atoms with van der Waals surface area (Å²) in [5.74, 6) is -0.0641. The van der Waals surface area contributed by atoms with Gasteiger partial charge in [0.15, 0.2) is 6.23 Å². The molecule has 0 radical (unpaired) electrons. The number of ether oxygens (including phenoxy) is 1. The minimum atomic E-state index is -0.368. The number of hydrogen-bond acceptors (Lipinski definition) is 2. The second-order valence-electron chi connectivity index (χ2n) is 3.19. The zero-order chi connectivity index (χ0) is 10.1. The largest absolute Gasteiger partial charge is 0.341 e. The molecule has 4 heteroatoms. The average Bonchev–Trinajstić information content (AvgIpc) is 2.48. The summed E-state index contributed by atoms with van der Waals surface area (Å²) in [4.78, 5) is 11.2. The summed E-state index contributed by atoms with van der Waals surface area (Å²) in [7, 11) is 0. The highest BCUT2D eigenvalue weighted by Crippen LogP contribution is 2.27. The van der Waals surface area contributed by atoms with Gasteiger partial charge >= 0.3 is 0 Å². The minimum absolute atomic E-state index is 0.0641. The number of nitrogens with one attached hydrogen (secondary N) is 1. The summed E-state index contributed by atoms with van der Waals surface area (Å²) < 4.78 is 6.39. The van der Waals surface area contributed by atoms with Crippen LogP contribution in [0.3, 0.4) is 0 Å². The summed E-state index contributed by atoms with van der Waals surface area (Å²) >= 11 is 3.41. The first kappa shape index (κ1) is 9.68. The zero-order valence-corrected chi connectivity index (χ0v) is 9.24. The number of hydrogen-bond donors (Lipinski definition) is 1. The molecule has 1 saturated heterocycles.